The van der Waals surface area contributed by atoms with Gasteiger partial charge in [-0.3, -0.25) is 9.59 Å². The van der Waals surface area contributed by atoms with Crippen molar-refractivity contribution in [3.05, 3.63) is 46.2 Å². The molecule has 1 aromatic carbocycles. The van der Waals surface area contributed by atoms with Crippen molar-refractivity contribution in [1.82, 2.24) is 9.88 Å². The van der Waals surface area contributed by atoms with E-state index in [-0.39, 0.29) is 17.0 Å². The lowest BCUT2D eigenvalue weighted by Gasteiger charge is -2.30. The van der Waals surface area contributed by atoms with Crippen molar-refractivity contribution in [1.29, 1.82) is 0 Å². The van der Waals surface area contributed by atoms with E-state index >= 15 is 0 Å². The lowest BCUT2D eigenvalue weighted by molar-refractivity contribution is 0.0681. The van der Waals surface area contributed by atoms with Gasteiger partial charge in [-0.1, -0.05) is 25.1 Å². The summed E-state index contributed by atoms with van der Waals surface area (Å²) < 4.78 is 0. The number of aromatic nitrogens is 1. The highest BCUT2D eigenvalue weighted by Crippen LogP contribution is 2.18. The SMILES string of the molecule is CC1CCCN(C(=O)c2cc3ccccc3[nH]c2=O)C1. The first-order chi connectivity index (χ1) is 9.65. The second-order valence-corrected chi connectivity index (χ2v) is 5.60. The Bertz CT molecular complexity index is 705. The quantitative estimate of drug-likeness (QED) is 0.865. The number of carbonyl (C=O) groups is 1. The molecule has 4 nitrogen and oxygen atoms in total. The molecule has 1 aliphatic heterocycles. The van der Waals surface area contributed by atoms with Gasteiger partial charge in [0.2, 0.25) is 0 Å². The normalized spacial score (nSPS) is 19.2. The van der Waals surface area contributed by atoms with Crippen LogP contribution in [0.5, 0.6) is 0 Å². The van der Waals surface area contributed by atoms with Crippen molar-refractivity contribution < 1.29 is 4.79 Å². The van der Waals surface area contributed by atoms with Crippen molar-refractivity contribution in [2.45, 2.75) is 19.8 Å². The highest BCUT2D eigenvalue weighted by atomic mass is 16.2. The van der Waals surface area contributed by atoms with Gasteiger partial charge in [0, 0.05) is 18.6 Å². The van der Waals surface area contributed by atoms with E-state index in [1.807, 2.05) is 24.3 Å². The first-order valence-corrected chi connectivity index (χ1v) is 7.06. The van der Waals surface area contributed by atoms with Gasteiger partial charge in [0.1, 0.15) is 5.56 Å². The van der Waals surface area contributed by atoms with Gasteiger partial charge < -0.3 is 9.88 Å². The number of rotatable bonds is 1. The number of nitrogens with zero attached hydrogens (tertiary/aromatic N) is 1. The van der Waals surface area contributed by atoms with Crippen LogP contribution >= 0.6 is 0 Å². The molecule has 1 aliphatic rings. The number of pyridine rings is 1. The fourth-order valence-corrected chi connectivity index (χ4v) is 2.85. The number of likely N-dealkylation sites (tertiary alicyclic amines) is 1. The van der Waals surface area contributed by atoms with Gasteiger partial charge in [-0.2, -0.15) is 0 Å². The Labute approximate surface area is 117 Å². The summed E-state index contributed by atoms with van der Waals surface area (Å²) in [6.45, 7) is 3.63. The molecule has 104 valence electrons. The summed E-state index contributed by atoms with van der Waals surface area (Å²) in [7, 11) is 0. The number of H-pyrrole nitrogens is 1. The Kier molecular flexibility index (Phi) is 3.30. The molecule has 0 bridgehead atoms. The van der Waals surface area contributed by atoms with Crippen LogP contribution in [-0.4, -0.2) is 28.9 Å². The third-order valence-corrected chi connectivity index (χ3v) is 3.93. The van der Waals surface area contributed by atoms with Crippen LogP contribution in [0.25, 0.3) is 10.9 Å². The second kappa shape index (κ2) is 5.12. The lowest BCUT2D eigenvalue weighted by atomic mass is 9.99. The van der Waals surface area contributed by atoms with Crippen molar-refractivity contribution >= 4 is 16.8 Å². The number of piperidine rings is 1. The molecule has 2 heterocycles. The van der Waals surface area contributed by atoms with Gasteiger partial charge in [-0.25, -0.2) is 0 Å². The largest absolute Gasteiger partial charge is 0.338 e. The summed E-state index contributed by atoms with van der Waals surface area (Å²) in [4.78, 5) is 29.2. The molecule has 1 amide bonds. The average molecular weight is 270 g/mol. The minimum absolute atomic E-state index is 0.149. The molecular weight excluding hydrogens is 252 g/mol. The molecule has 1 saturated heterocycles. The minimum atomic E-state index is -0.299. The number of aromatic amines is 1. The third-order valence-electron chi connectivity index (χ3n) is 3.93. The summed E-state index contributed by atoms with van der Waals surface area (Å²) >= 11 is 0. The van der Waals surface area contributed by atoms with Crippen LogP contribution in [0.1, 0.15) is 30.1 Å². The summed E-state index contributed by atoms with van der Waals surface area (Å²) in [5.41, 5.74) is 0.714. The van der Waals surface area contributed by atoms with E-state index in [1.165, 1.54) is 0 Å². The first kappa shape index (κ1) is 12.9. The predicted octanol–water partition coefficient (Wildman–Crippen LogP) is 2.40. The maximum absolute atomic E-state index is 12.5. The van der Waals surface area contributed by atoms with Gasteiger partial charge in [-0.05, 0) is 36.3 Å². The maximum atomic E-state index is 12.5. The number of hydrogen-bond donors (Lipinski definition) is 1. The van der Waals surface area contributed by atoms with Crippen molar-refractivity contribution in [2.24, 2.45) is 5.92 Å². The smallest absolute Gasteiger partial charge is 0.261 e. The van der Waals surface area contributed by atoms with Crippen molar-refractivity contribution in [3.63, 3.8) is 0 Å². The molecule has 1 N–H and O–H groups in total. The number of fused-ring (bicyclic) bond motifs is 1. The number of carbonyl (C=O) groups excluding carboxylic acids is 1. The molecular formula is C16H18N2O2. The second-order valence-electron chi connectivity index (χ2n) is 5.60. The number of hydrogen-bond acceptors (Lipinski definition) is 2. The Morgan fingerprint density at radius 2 is 2.15 bits per heavy atom. The van der Waals surface area contributed by atoms with Crippen LogP contribution in [-0.2, 0) is 0 Å². The first-order valence-electron chi connectivity index (χ1n) is 7.06. The van der Waals surface area contributed by atoms with Gasteiger partial charge in [0.15, 0.2) is 0 Å². The molecule has 0 saturated carbocycles. The highest BCUT2D eigenvalue weighted by molar-refractivity contribution is 5.97. The summed E-state index contributed by atoms with van der Waals surface area (Å²) in [5, 5.41) is 0.889. The van der Waals surface area contributed by atoms with Gasteiger partial charge in [0.25, 0.3) is 11.5 Å². The summed E-state index contributed by atoms with van der Waals surface area (Å²) in [6, 6.07) is 9.22. The van der Waals surface area contributed by atoms with Crippen LogP contribution in [0.3, 0.4) is 0 Å². The van der Waals surface area contributed by atoms with Crippen molar-refractivity contribution in [3.8, 4) is 0 Å². The molecule has 2 aromatic rings. The Morgan fingerprint density at radius 3 is 2.95 bits per heavy atom. The Morgan fingerprint density at radius 1 is 1.35 bits per heavy atom. The molecule has 0 aliphatic carbocycles. The zero-order valence-corrected chi connectivity index (χ0v) is 11.6. The van der Waals surface area contributed by atoms with E-state index in [0.29, 0.717) is 5.92 Å². The average Bonchev–Trinajstić information content (AvgIpc) is 2.46. The topological polar surface area (TPSA) is 53.2 Å². The summed E-state index contributed by atoms with van der Waals surface area (Å²) in [6.07, 6.45) is 2.16. The Hall–Kier alpha value is -2.10. The molecule has 0 radical (unpaired) electrons. The van der Waals surface area contributed by atoms with E-state index in [0.717, 1.165) is 36.8 Å². The standard InChI is InChI=1S/C16H18N2O2/c1-11-5-4-8-18(10-11)16(20)13-9-12-6-2-3-7-14(12)17-15(13)19/h2-3,6-7,9,11H,4-5,8,10H2,1H3,(H,17,19). The molecule has 20 heavy (non-hydrogen) atoms. The fraction of sp³-hybridized carbons (Fsp3) is 0.375. The molecule has 0 spiro atoms. The van der Waals surface area contributed by atoms with E-state index in [2.05, 4.69) is 11.9 Å². The maximum Gasteiger partial charge on any atom is 0.261 e. The van der Waals surface area contributed by atoms with Crippen LogP contribution in [0.4, 0.5) is 0 Å². The lowest BCUT2D eigenvalue weighted by Crippen LogP contribution is -2.41. The third kappa shape index (κ3) is 2.33. The summed E-state index contributed by atoms with van der Waals surface area (Å²) in [5.74, 6) is 0.357. The zero-order valence-electron chi connectivity index (χ0n) is 11.6. The van der Waals surface area contributed by atoms with Gasteiger partial charge in [-0.15, -0.1) is 0 Å². The van der Waals surface area contributed by atoms with E-state index < -0.39 is 0 Å². The zero-order chi connectivity index (χ0) is 14.1. The number of amides is 1. The van der Waals surface area contributed by atoms with Gasteiger partial charge in [0.05, 0.1) is 0 Å². The van der Waals surface area contributed by atoms with Gasteiger partial charge >= 0.3 is 0 Å². The predicted molar refractivity (Wildman–Crippen MR) is 78.9 cm³/mol. The Balaban J connectivity index is 1.98. The number of para-hydroxylation sites is 1. The molecule has 1 aromatic heterocycles. The van der Waals surface area contributed by atoms with E-state index in [1.54, 1.807) is 11.0 Å². The van der Waals surface area contributed by atoms with Crippen LogP contribution in [0, 0.1) is 5.92 Å². The van der Waals surface area contributed by atoms with E-state index in [9.17, 15) is 9.59 Å². The number of benzene rings is 1. The minimum Gasteiger partial charge on any atom is -0.338 e. The highest BCUT2D eigenvalue weighted by Gasteiger charge is 2.24. The van der Waals surface area contributed by atoms with Crippen LogP contribution in [0.2, 0.25) is 0 Å². The van der Waals surface area contributed by atoms with Crippen LogP contribution < -0.4 is 5.56 Å². The van der Waals surface area contributed by atoms with Crippen molar-refractivity contribution in [2.75, 3.05) is 13.1 Å². The van der Waals surface area contributed by atoms with E-state index in [4.69, 9.17) is 0 Å². The molecule has 4 heteroatoms. The van der Waals surface area contributed by atoms with Crippen LogP contribution in [0.15, 0.2) is 35.1 Å². The number of nitrogens with one attached hydrogen (secondary N) is 1. The molecule has 3 rings (SSSR count). The monoisotopic (exact) mass is 270 g/mol. The molecule has 1 fully saturated rings. The fourth-order valence-electron chi connectivity index (χ4n) is 2.85. The molecule has 1 atom stereocenters. The molecule has 1 unspecified atom stereocenters.